The highest BCUT2D eigenvalue weighted by Gasteiger charge is 2.49. The first-order valence-electron chi connectivity index (χ1n) is 11.3. The first-order valence-corrected chi connectivity index (χ1v) is 11.3. The van der Waals surface area contributed by atoms with Gasteiger partial charge >= 0.3 is 0 Å². The number of rotatable bonds is 4. The quantitative estimate of drug-likeness (QED) is 0.811. The van der Waals surface area contributed by atoms with E-state index < -0.39 is 0 Å². The number of carbonyl (C=O) groups is 1. The average molecular weight is 401 g/mol. The number of benzene rings is 1. The number of methoxy groups -OCH3 is 1. The number of fused-ring (bicyclic) bond motifs is 1. The van der Waals surface area contributed by atoms with Gasteiger partial charge in [0.1, 0.15) is 5.75 Å². The second-order valence-corrected chi connectivity index (χ2v) is 9.62. The zero-order chi connectivity index (χ0) is 20.6. The van der Waals surface area contributed by atoms with Gasteiger partial charge in [0.2, 0.25) is 5.91 Å². The molecular formula is C24H36N2O3. The molecule has 29 heavy (non-hydrogen) atoms. The van der Waals surface area contributed by atoms with Crippen LogP contribution in [0.5, 0.6) is 5.75 Å². The van der Waals surface area contributed by atoms with E-state index in [2.05, 4.69) is 42.3 Å². The Labute approximate surface area is 175 Å². The molecule has 0 bridgehead atoms. The lowest BCUT2D eigenvalue weighted by atomic mass is 9.66. The van der Waals surface area contributed by atoms with Gasteiger partial charge in [0, 0.05) is 37.9 Å². The lowest BCUT2D eigenvalue weighted by Crippen LogP contribution is -2.60. The van der Waals surface area contributed by atoms with Crippen molar-refractivity contribution >= 4 is 11.6 Å². The van der Waals surface area contributed by atoms with Crippen molar-refractivity contribution in [3.05, 3.63) is 23.8 Å². The molecule has 160 valence electrons. The summed E-state index contributed by atoms with van der Waals surface area (Å²) in [6.07, 6.45) is 6.85. The second-order valence-electron chi connectivity index (χ2n) is 9.62. The number of nitrogens with one attached hydrogen (secondary N) is 1. The van der Waals surface area contributed by atoms with Crippen molar-refractivity contribution in [2.24, 2.45) is 11.8 Å². The molecular weight excluding hydrogens is 364 g/mol. The van der Waals surface area contributed by atoms with Crippen LogP contribution in [0.1, 0.15) is 71.0 Å². The largest absolute Gasteiger partial charge is 0.495 e. The first-order chi connectivity index (χ1) is 13.9. The number of nitrogens with zero attached hydrogens (tertiary/aromatic N) is 1. The Kier molecular flexibility index (Phi) is 5.78. The van der Waals surface area contributed by atoms with Gasteiger partial charge in [0.25, 0.3) is 0 Å². The molecule has 0 aromatic heterocycles. The Morgan fingerprint density at radius 2 is 2.03 bits per heavy atom. The number of ether oxygens (including phenoxy) is 2. The molecule has 1 aromatic carbocycles. The fourth-order valence-corrected chi connectivity index (χ4v) is 5.86. The van der Waals surface area contributed by atoms with Crippen molar-refractivity contribution < 1.29 is 14.3 Å². The van der Waals surface area contributed by atoms with Gasteiger partial charge in [0.05, 0.1) is 25.0 Å². The molecule has 2 aliphatic heterocycles. The predicted octanol–water partition coefficient (Wildman–Crippen LogP) is 4.46. The molecule has 2 heterocycles. The van der Waals surface area contributed by atoms with Crippen molar-refractivity contribution in [3.8, 4) is 5.75 Å². The topological polar surface area (TPSA) is 50.8 Å². The summed E-state index contributed by atoms with van der Waals surface area (Å²) in [4.78, 5) is 14.4. The molecule has 1 aromatic rings. The van der Waals surface area contributed by atoms with Crippen LogP contribution in [-0.4, -0.2) is 37.7 Å². The van der Waals surface area contributed by atoms with Crippen LogP contribution in [-0.2, 0) is 9.53 Å². The van der Waals surface area contributed by atoms with E-state index in [9.17, 15) is 4.79 Å². The summed E-state index contributed by atoms with van der Waals surface area (Å²) in [7, 11) is 1.75. The minimum atomic E-state index is -0.236. The summed E-state index contributed by atoms with van der Waals surface area (Å²) >= 11 is 0. The Morgan fingerprint density at radius 1 is 1.28 bits per heavy atom. The molecule has 1 saturated carbocycles. The normalized spacial score (nSPS) is 34.6. The van der Waals surface area contributed by atoms with Crippen LogP contribution in [0.15, 0.2) is 18.2 Å². The van der Waals surface area contributed by atoms with Crippen molar-refractivity contribution in [2.75, 3.05) is 25.1 Å². The monoisotopic (exact) mass is 400 g/mol. The standard InChI is InChI=1S/C24H36N2O3/c1-16-7-9-19-21(13-16)29-23(15-24(19,3)25-17(2)27)18-8-10-20(22(14-18)28-4)26-11-5-6-12-26/h8,10,14,16,19,21,23H,5-7,9,11-13,15H2,1-4H3,(H,25,27)/t16-,19-,21-,23-,24+/m1/s1. The highest BCUT2D eigenvalue weighted by Crippen LogP contribution is 2.48. The molecule has 0 unspecified atom stereocenters. The summed E-state index contributed by atoms with van der Waals surface area (Å²) in [6, 6.07) is 6.54. The molecule has 3 aliphatic rings. The van der Waals surface area contributed by atoms with Gasteiger partial charge in [-0.05, 0) is 56.2 Å². The number of hydrogen-bond acceptors (Lipinski definition) is 4. The third kappa shape index (κ3) is 4.11. The van der Waals surface area contributed by atoms with Crippen molar-refractivity contribution in [1.29, 1.82) is 0 Å². The van der Waals surface area contributed by atoms with E-state index >= 15 is 0 Å². The number of amides is 1. The minimum absolute atomic E-state index is 0.0278. The Balaban J connectivity index is 1.62. The van der Waals surface area contributed by atoms with E-state index in [4.69, 9.17) is 9.47 Å². The van der Waals surface area contributed by atoms with Crippen LogP contribution in [0.25, 0.3) is 0 Å². The number of hydrogen-bond donors (Lipinski definition) is 1. The molecule has 0 spiro atoms. The average Bonchev–Trinajstić information content (AvgIpc) is 3.20. The molecule has 5 heteroatoms. The fraction of sp³-hybridized carbons (Fsp3) is 0.708. The fourth-order valence-electron chi connectivity index (χ4n) is 5.86. The van der Waals surface area contributed by atoms with E-state index in [-0.39, 0.29) is 23.7 Å². The molecule has 5 nitrogen and oxygen atoms in total. The van der Waals surface area contributed by atoms with Crippen LogP contribution in [0.4, 0.5) is 5.69 Å². The highest BCUT2D eigenvalue weighted by molar-refractivity contribution is 5.74. The lowest BCUT2D eigenvalue weighted by Gasteiger charge is -2.52. The summed E-state index contributed by atoms with van der Waals surface area (Å²) in [5, 5.41) is 3.30. The van der Waals surface area contributed by atoms with E-state index in [0.29, 0.717) is 11.8 Å². The SMILES string of the molecule is COc1cc([C@H]2C[C@](C)(NC(C)=O)[C@@H]3CC[C@@H](C)C[C@H]3O2)ccc1N1CCCC1. The van der Waals surface area contributed by atoms with E-state index in [1.54, 1.807) is 14.0 Å². The molecule has 4 rings (SSSR count). The molecule has 3 fully saturated rings. The van der Waals surface area contributed by atoms with Crippen LogP contribution in [0.2, 0.25) is 0 Å². The Hall–Kier alpha value is -1.75. The predicted molar refractivity (Wildman–Crippen MR) is 115 cm³/mol. The van der Waals surface area contributed by atoms with Crippen LogP contribution < -0.4 is 15.0 Å². The molecule has 1 amide bonds. The van der Waals surface area contributed by atoms with Crippen LogP contribution >= 0.6 is 0 Å². The molecule has 1 aliphatic carbocycles. The Bertz CT molecular complexity index is 746. The maximum Gasteiger partial charge on any atom is 0.217 e. The van der Waals surface area contributed by atoms with Gasteiger partial charge in [-0.25, -0.2) is 0 Å². The summed E-state index contributed by atoms with van der Waals surface area (Å²) in [6.45, 7) is 8.35. The van der Waals surface area contributed by atoms with Crippen LogP contribution in [0, 0.1) is 11.8 Å². The molecule has 5 atom stereocenters. The molecule has 0 radical (unpaired) electrons. The minimum Gasteiger partial charge on any atom is -0.495 e. The maximum absolute atomic E-state index is 12.0. The molecule has 2 saturated heterocycles. The maximum atomic E-state index is 12.0. The van der Waals surface area contributed by atoms with E-state index in [1.807, 2.05) is 0 Å². The van der Waals surface area contributed by atoms with Gasteiger partial charge in [-0.2, -0.15) is 0 Å². The van der Waals surface area contributed by atoms with E-state index in [1.165, 1.54) is 24.9 Å². The zero-order valence-electron chi connectivity index (χ0n) is 18.4. The molecule has 1 N–H and O–H groups in total. The van der Waals surface area contributed by atoms with Crippen LogP contribution in [0.3, 0.4) is 0 Å². The van der Waals surface area contributed by atoms with Gasteiger partial charge < -0.3 is 19.7 Å². The zero-order valence-corrected chi connectivity index (χ0v) is 18.4. The second kappa shape index (κ2) is 8.17. The van der Waals surface area contributed by atoms with Gasteiger partial charge in [-0.15, -0.1) is 0 Å². The number of anilines is 1. The van der Waals surface area contributed by atoms with E-state index in [0.717, 1.165) is 43.7 Å². The van der Waals surface area contributed by atoms with Gasteiger partial charge in [-0.1, -0.05) is 19.4 Å². The van der Waals surface area contributed by atoms with Crippen molar-refractivity contribution in [2.45, 2.75) is 77.0 Å². The first kappa shape index (κ1) is 20.5. The summed E-state index contributed by atoms with van der Waals surface area (Å²) < 4.78 is 12.4. The number of carbonyl (C=O) groups excluding carboxylic acids is 1. The third-order valence-corrected chi connectivity index (χ3v) is 7.30. The van der Waals surface area contributed by atoms with Crippen molar-refractivity contribution in [3.63, 3.8) is 0 Å². The van der Waals surface area contributed by atoms with Gasteiger partial charge in [-0.3, -0.25) is 4.79 Å². The van der Waals surface area contributed by atoms with Crippen molar-refractivity contribution in [1.82, 2.24) is 5.32 Å². The lowest BCUT2D eigenvalue weighted by molar-refractivity contribution is -0.153. The summed E-state index contributed by atoms with van der Waals surface area (Å²) in [5.41, 5.74) is 2.09. The third-order valence-electron chi connectivity index (χ3n) is 7.30. The smallest absolute Gasteiger partial charge is 0.217 e. The highest BCUT2D eigenvalue weighted by atomic mass is 16.5. The Morgan fingerprint density at radius 3 is 2.72 bits per heavy atom. The summed E-state index contributed by atoms with van der Waals surface area (Å²) in [5.74, 6) is 2.02. The van der Waals surface area contributed by atoms with Gasteiger partial charge in [0.15, 0.2) is 0 Å².